The van der Waals surface area contributed by atoms with E-state index in [9.17, 15) is 4.79 Å². The molecule has 154 valence electrons. The summed E-state index contributed by atoms with van der Waals surface area (Å²) in [4.78, 5) is 23.5. The molecule has 4 rings (SSSR count). The van der Waals surface area contributed by atoms with Gasteiger partial charge < -0.3 is 15.5 Å². The molecule has 1 aliphatic heterocycles. The monoisotopic (exact) mass is 393 g/mol. The third kappa shape index (κ3) is 5.25. The lowest BCUT2D eigenvalue weighted by molar-refractivity contribution is -0.116. The molecule has 1 aromatic carbocycles. The molecule has 1 saturated carbocycles. The molecule has 6 nitrogen and oxygen atoms in total. The summed E-state index contributed by atoms with van der Waals surface area (Å²) in [6.07, 6.45) is 7.87. The number of hydrogen-bond donors (Lipinski definition) is 2. The summed E-state index contributed by atoms with van der Waals surface area (Å²) < 4.78 is 0. The van der Waals surface area contributed by atoms with E-state index >= 15 is 0 Å². The molecule has 1 saturated heterocycles. The lowest BCUT2D eigenvalue weighted by atomic mass is 9.92. The number of benzene rings is 1. The van der Waals surface area contributed by atoms with Gasteiger partial charge in [-0.15, -0.1) is 0 Å². The average Bonchev–Trinajstić information content (AvgIpc) is 3.54. The van der Waals surface area contributed by atoms with Gasteiger partial charge in [0, 0.05) is 37.3 Å². The second kappa shape index (κ2) is 8.80. The second-order valence-corrected chi connectivity index (χ2v) is 8.44. The third-order valence-electron chi connectivity index (χ3n) is 6.18. The quantitative estimate of drug-likeness (QED) is 0.734. The lowest BCUT2D eigenvalue weighted by Crippen LogP contribution is -2.34. The molecule has 2 N–H and O–H groups in total. The van der Waals surface area contributed by atoms with Crippen LogP contribution in [0.3, 0.4) is 0 Å². The summed E-state index contributed by atoms with van der Waals surface area (Å²) >= 11 is 0. The molecule has 2 fully saturated rings. The van der Waals surface area contributed by atoms with Crippen molar-refractivity contribution in [3.63, 3.8) is 0 Å². The van der Waals surface area contributed by atoms with E-state index in [1.165, 1.54) is 18.4 Å². The van der Waals surface area contributed by atoms with Crippen molar-refractivity contribution in [2.45, 2.75) is 58.4 Å². The van der Waals surface area contributed by atoms with Gasteiger partial charge in [0.2, 0.25) is 5.91 Å². The minimum absolute atomic E-state index is 0.118. The van der Waals surface area contributed by atoms with Gasteiger partial charge in [0.05, 0.1) is 0 Å². The Morgan fingerprint density at radius 3 is 2.69 bits per heavy atom. The number of piperidine rings is 1. The van der Waals surface area contributed by atoms with Gasteiger partial charge in [-0.25, -0.2) is 9.97 Å². The fourth-order valence-corrected chi connectivity index (χ4v) is 3.92. The standard InChI is InChI=1S/C23H31N5O/c1-16-4-3-5-20(17(16)2)27-23(29)9-6-18-10-12-28(13-11-18)22-14-21(24-15-25-22)26-19-7-8-19/h3-5,14-15,18-19H,6-13H2,1-2H3,(H,27,29)(H,24,25,26). The smallest absolute Gasteiger partial charge is 0.224 e. The summed E-state index contributed by atoms with van der Waals surface area (Å²) in [6, 6.07) is 8.70. The van der Waals surface area contributed by atoms with Crippen LogP contribution >= 0.6 is 0 Å². The van der Waals surface area contributed by atoms with Gasteiger partial charge in [-0.05, 0) is 69.1 Å². The van der Waals surface area contributed by atoms with Crippen LogP contribution in [0.25, 0.3) is 0 Å². The van der Waals surface area contributed by atoms with E-state index in [0.29, 0.717) is 18.4 Å². The number of anilines is 3. The first-order valence-electron chi connectivity index (χ1n) is 10.8. The Balaban J connectivity index is 1.22. The van der Waals surface area contributed by atoms with E-state index in [0.717, 1.165) is 55.2 Å². The minimum Gasteiger partial charge on any atom is -0.367 e. The highest BCUT2D eigenvalue weighted by molar-refractivity contribution is 5.91. The van der Waals surface area contributed by atoms with Gasteiger partial charge >= 0.3 is 0 Å². The van der Waals surface area contributed by atoms with Crippen molar-refractivity contribution in [3.05, 3.63) is 41.7 Å². The summed E-state index contributed by atoms with van der Waals surface area (Å²) in [7, 11) is 0. The molecule has 2 aliphatic rings. The largest absolute Gasteiger partial charge is 0.367 e. The van der Waals surface area contributed by atoms with Gasteiger partial charge in [0.25, 0.3) is 0 Å². The molecule has 0 bridgehead atoms. The third-order valence-corrected chi connectivity index (χ3v) is 6.18. The molecule has 2 heterocycles. The zero-order valence-corrected chi connectivity index (χ0v) is 17.4. The maximum atomic E-state index is 12.4. The minimum atomic E-state index is 0.118. The zero-order valence-electron chi connectivity index (χ0n) is 17.4. The molecule has 0 radical (unpaired) electrons. The summed E-state index contributed by atoms with van der Waals surface area (Å²) in [5.41, 5.74) is 3.29. The molecule has 6 heteroatoms. The maximum Gasteiger partial charge on any atom is 0.224 e. The van der Waals surface area contributed by atoms with Crippen molar-refractivity contribution in [1.82, 2.24) is 9.97 Å². The highest BCUT2D eigenvalue weighted by Crippen LogP contribution is 2.28. The Hall–Kier alpha value is -2.63. The number of nitrogens with one attached hydrogen (secondary N) is 2. The highest BCUT2D eigenvalue weighted by atomic mass is 16.1. The van der Waals surface area contributed by atoms with Crippen LogP contribution in [0.2, 0.25) is 0 Å². The first kappa shape index (κ1) is 19.7. The van der Waals surface area contributed by atoms with Crippen LogP contribution in [-0.2, 0) is 4.79 Å². The highest BCUT2D eigenvalue weighted by Gasteiger charge is 2.23. The Labute approximate surface area is 173 Å². The Morgan fingerprint density at radius 1 is 1.14 bits per heavy atom. The maximum absolute atomic E-state index is 12.4. The normalized spacial score (nSPS) is 17.2. The van der Waals surface area contributed by atoms with Crippen molar-refractivity contribution >= 4 is 23.2 Å². The Bertz CT molecular complexity index is 856. The topological polar surface area (TPSA) is 70.2 Å². The van der Waals surface area contributed by atoms with Crippen LogP contribution in [0.1, 0.15) is 49.7 Å². The molecule has 1 amide bonds. The van der Waals surface area contributed by atoms with Crippen LogP contribution in [0.5, 0.6) is 0 Å². The van der Waals surface area contributed by atoms with Gasteiger partial charge in [-0.3, -0.25) is 4.79 Å². The fourth-order valence-electron chi connectivity index (χ4n) is 3.92. The van der Waals surface area contributed by atoms with Crippen LogP contribution in [0.4, 0.5) is 17.3 Å². The number of aryl methyl sites for hydroxylation is 1. The number of aromatic nitrogens is 2. The summed E-state index contributed by atoms with van der Waals surface area (Å²) in [5.74, 6) is 2.66. The predicted molar refractivity (Wildman–Crippen MR) is 117 cm³/mol. The molecular formula is C23H31N5O. The molecule has 0 atom stereocenters. The average molecular weight is 394 g/mol. The number of rotatable bonds is 7. The first-order chi connectivity index (χ1) is 14.1. The SMILES string of the molecule is Cc1cccc(NC(=O)CCC2CCN(c3cc(NC4CC4)ncn3)CC2)c1C. The van der Waals surface area contributed by atoms with Crippen LogP contribution in [-0.4, -0.2) is 35.0 Å². The van der Waals surface area contributed by atoms with E-state index in [1.54, 1.807) is 6.33 Å². The Kier molecular flexibility index (Phi) is 5.97. The molecular weight excluding hydrogens is 362 g/mol. The van der Waals surface area contributed by atoms with E-state index in [2.05, 4.69) is 51.5 Å². The van der Waals surface area contributed by atoms with Crippen molar-refractivity contribution < 1.29 is 4.79 Å². The number of nitrogens with zero attached hydrogens (tertiary/aromatic N) is 3. The second-order valence-electron chi connectivity index (χ2n) is 8.44. The van der Waals surface area contributed by atoms with Gasteiger partial charge in [-0.2, -0.15) is 0 Å². The van der Waals surface area contributed by atoms with E-state index in [-0.39, 0.29) is 5.91 Å². The number of carbonyl (C=O) groups is 1. The fraction of sp³-hybridized carbons (Fsp3) is 0.522. The van der Waals surface area contributed by atoms with Crippen LogP contribution in [0, 0.1) is 19.8 Å². The molecule has 29 heavy (non-hydrogen) atoms. The van der Waals surface area contributed by atoms with E-state index < -0.39 is 0 Å². The van der Waals surface area contributed by atoms with Crippen molar-refractivity contribution in [2.75, 3.05) is 28.6 Å². The molecule has 1 aliphatic carbocycles. The summed E-state index contributed by atoms with van der Waals surface area (Å²) in [5, 5.41) is 6.52. The van der Waals surface area contributed by atoms with Gasteiger partial charge in [0.15, 0.2) is 0 Å². The molecule has 0 spiro atoms. The number of carbonyl (C=O) groups excluding carboxylic acids is 1. The first-order valence-corrected chi connectivity index (χ1v) is 10.8. The number of amides is 1. The molecule has 0 unspecified atom stereocenters. The summed E-state index contributed by atoms with van der Waals surface area (Å²) in [6.45, 7) is 6.10. The van der Waals surface area contributed by atoms with E-state index in [4.69, 9.17) is 0 Å². The zero-order chi connectivity index (χ0) is 20.2. The molecule has 1 aromatic heterocycles. The molecule has 2 aromatic rings. The predicted octanol–water partition coefficient (Wildman–Crippen LogP) is 4.30. The van der Waals surface area contributed by atoms with Crippen molar-refractivity contribution in [1.29, 1.82) is 0 Å². The van der Waals surface area contributed by atoms with E-state index in [1.807, 2.05) is 12.1 Å². The number of hydrogen-bond acceptors (Lipinski definition) is 5. The van der Waals surface area contributed by atoms with Gasteiger partial charge in [0.1, 0.15) is 18.0 Å². The lowest BCUT2D eigenvalue weighted by Gasteiger charge is -2.32. The van der Waals surface area contributed by atoms with Crippen LogP contribution < -0.4 is 15.5 Å². The van der Waals surface area contributed by atoms with Crippen molar-refractivity contribution in [3.8, 4) is 0 Å². The Morgan fingerprint density at radius 2 is 1.93 bits per heavy atom. The van der Waals surface area contributed by atoms with Crippen molar-refractivity contribution in [2.24, 2.45) is 5.92 Å². The van der Waals surface area contributed by atoms with Gasteiger partial charge in [-0.1, -0.05) is 12.1 Å². The van der Waals surface area contributed by atoms with Crippen LogP contribution in [0.15, 0.2) is 30.6 Å².